The number of hydrogen-bond acceptors (Lipinski definition) is 2. The maximum Gasteiger partial charge on any atom is 0.114 e. The smallest absolute Gasteiger partial charge is 0.114 e. The Morgan fingerprint density at radius 3 is 2.38 bits per heavy atom. The Hall–Kier alpha value is -0.630. The molecule has 0 heterocycles. The van der Waals surface area contributed by atoms with Gasteiger partial charge in [-0.15, -0.1) is 0 Å². The van der Waals surface area contributed by atoms with Crippen LogP contribution in [0.2, 0.25) is 0 Å². The van der Waals surface area contributed by atoms with Crippen molar-refractivity contribution in [1.29, 1.82) is 0 Å². The van der Waals surface area contributed by atoms with Gasteiger partial charge in [-0.25, -0.2) is 0 Å². The Morgan fingerprint density at radius 1 is 1.75 bits per heavy atom. The minimum absolute atomic E-state index is 0.936. The fourth-order valence-corrected chi connectivity index (χ4v) is 0.314. The molecule has 0 amide bonds. The quantitative estimate of drug-likeness (QED) is 0.413. The molecule has 0 aromatic rings. The molecule has 0 aromatic carbocycles. The highest BCUT2D eigenvalue weighted by atomic mass is 16.3. The van der Waals surface area contributed by atoms with Gasteiger partial charge in [-0.05, 0) is 6.92 Å². The Morgan fingerprint density at radius 2 is 2.25 bits per heavy atom. The van der Waals surface area contributed by atoms with Gasteiger partial charge in [0.25, 0.3) is 0 Å². The lowest BCUT2D eigenvalue weighted by atomic mass is 10.1. The summed E-state index contributed by atoms with van der Waals surface area (Å²) in [6, 6.07) is 0. The van der Waals surface area contributed by atoms with Crippen molar-refractivity contribution in [2.75, 3.05) is 7.05 Å². The summed E-state index contributed by atoms with van der Waals surface area (Å²) < 4.78 is 0. The maximum absolute atomic E-state index is 9.06. The molecule has 0 aliphatic heterocycles. The van der Waals surface area contributed by atoms with Crippen LogP contribution in [0, 0.1) is 0 Å². The molecule has 0 aromatic heterocycles. The lowest BCUT2D eigenvalue weighted by molar-refractivity contribution is 0.190. The van der Waals surface area contributed by atoms with Crippen LogP contribution in [-0.2, 0) is 0 Å². The fraction of sp³-hybridized carbons (Fsp3) is 0.500. The van der Waals surface area contributed by atoms with E-state index in [1.165, 1.54) is 12.3 Å². The monoisotopic (exact) mass is 113 g/mol. The Bertz CT molecular complexity index is 105. The van der Waals surface area contributed by atoms with Gasteiger partial charge in [0.15, 0.2) is 0 Å². The van der Waals surface area contributed by atoms with Gasteiger partial charge in [-0.1, -0.05) is 12.7 Å². The van der Waals surface area contributed by atoms with E-state index in [4.69, 9.17) is 5.11 Å². The molecule has 8 heavy (non-hydrogen) atoms. The first-order valence-corrected chi connectivity index (χ1v) is 2.41. The van der Waals surface area contributed by atoms with E-state index in [9.17, 15) is 0 Å². The van der Waals surface area contributed by atoms with E-state index in [2.05, 4.69) is 11.6 Å². The van der Waals surface area contributed by atoms with Crippen molar-refractivity contribution in [1.82, 2.24) is 0 Å². The lowest BCUT2D eigenvalue weighted by Gasteiger charge is -2.09. The standard InChI is InChI=1S/C6H11NO/c1-4-6(2,8)5-7-3/h4-5,8H,1H2,2-3H3. The second-order valence-electron chi connectivity index (χ2n) is 1.82. The molecule has 0 fully saturated rings. The first kappa shape index (κ1) is 7.37. The minimum Gasteiger partial charge on any atom is -0.380 e. The van der Waals surface area contributed by atoms with Gasteiger partial charge in [0, 0.05) is 13.3 Å². The second kappa shape index (κ2) is 2.62. The van der Waals surface area contributed by atoms with Crippen molar-refractivity contribution in [3.8, 4) is 0 Å². The summed E-state index contributed by atoms with van der Waals surface area (Å²) in [7, 11) is 1.61. The Kier molecular flexibility index (Phi) is 2.42. The van der Waals surface area contributed by atoms with Gasteiger partial charge in [-0.2, -0.15) is 0 Å². The first-order chi connectivity index (χ1) is 3.62. The van der Waals surface area contributed by atoms with Crippen LogP contribution in [0.1, 0.15) is 6.92 Å². The zero-order valence-electron chi connectivity index (χ0n) is 5.26. The number of hydrogen-bond donors (Lipinski definition) is 1. The first-order valence-electron chi connectivity index (χ1n) is 2.41. The third-order valence-corrected chi connectivity index (χ3v) is 0.804. The summed E-state index contributed by atoms with van der Waals surface area (Å²) in [4.78, 5) is 3.63. The molecule has 1 atom stereocenters. The molecule has 0 radical (unpaired) electrons. The average Bonchev–Trinajstić information content (AvgIpc) is 1.67. The Balaban J connectivity index is 3.90. The van der Waals surface area contributed by atoms with Crippen molar-refractivity contribution >= 4 is 6.21 Å². The van der Waals surface area contributed by atoms with E-state index >= 15 is 0 Å². The SMILES string of the molecule is C=CC(C)(O)C=NC. The lowest BCUT2D eigenvalue weighted by Crippen LogP contribution is -2.21. The van der Waals surface area contributed by atoms with Gasteiger partial charge in [0.2, 0.25) is 0 Å². The van der Waals surface area contributed by atoms with Gasteiger partial charge in [-0.3, -0.25) is 4.99 Å². The molecule has 0 rings (SSSR count). The van der Waals surface area contributed by atoms with Crippen molar-refractivity contribution < 1.29 is 5.11 Å². The van der Waals surface area contributed by atoms with Gasteiger partial charge >= 0.3 is 0 Å². The molecule has 1 N–H and O–H groups in total. The molecule has 2 heteroatoms. The molecule has 0 aliphatic rings. The van der Waals surface area contributed by atoms with E-state index < -0.39 is 5.60 Å². The van der Waals surface area contributed by atoms with E-state index in [-0.39, 0.29) is 0 Å². The van der Waals surface area contributed by atoms with Crippen molar-refractivity contribution in [2.24, 2.45) is 4.99 Å². The summed E-state index contributed by atoms with van der Waals surface area (Å²) in [5.74, 6) is 0. The van der Waals surface area contributed by atoms with Gasteiger partial charge < -0.3 is 5.11 Å². The van der Waals surface area contributed by atoms with Gasteiger partial charge in [0.1, 0.15) is 5.60 Å². The molecular formula is C6H11NO. The molecule has 0 aliphatic carbocycles. The number of nitrogens with zero attached hydrogens (tertiary/aromatic N) is 1. The fourth-order valence-electron chi connectivity index (χ4n) is 0.314. The van der Waals surface area contributed by atoms with Crippen LogP contribution < -0.4 is 0 Å². The summed E-state index contributed by atoms with van der Waals surface area (Å²) in [6.07, 6.45) is 2.86. The molecule has 0 spiro atoms. The van der Waals surface area contributed by atoms with E-state index in [1.807, 2.05) is 0 Å². The average molecular weight is 113 g/mol. The number of rotatable bonds is 2. The zero-order chi connectivity index (χ0) is 6.62. The van der Waals surface area contributed by atoms with E-state index in [0.29, 0.717) is 0 Å². The number of aliphatic hydroxyl groups is 1. The van der Waals surface area contributed by atoms with Crippen LogP contribution in [0.4, 0.5) is 0 Å². The summed E-state index contributed by atoms with van der Waals surface area (Å²) in [5.41, 5.74) is -0.936. The number of aliphatic imine (C=N–C) groups is 1. The van der Waals surface area contributed by atoms with Crippen LogP contribution in [0.5, 0.6) is 0 Å². The Labute approximate surface area is 49.6 Å². The van der Waals surface area contributed by atoms with Crippen LogP contribution in [0.15, 0.2) is 17.6 Å². The topological polar surface area (TPSA) is 32.6 Å². The summed E-state index contributed by atoms with van der Waals surface area (Å²) in [6.45, 7) is 5.03. The minimum atomic E-state index is -0.936. The summed E-state index contributed by atoms with van der Waals surface area (Å²) >= 11 is 0. The molecule has 0 saturated carbocycles. The highest BCUT2D eigenvalue weighted by Crippen LogP contribution is 1.97. The van der Waals surface area contributed by atoms with Gasteiger partial charge in [0.05, 0.1) is 0 Å². The van der Waals surface area contributed by atoms with Crippen molar-refractivity contribution in [2.45, 2.75) is 12.5 Å². The normalized spacial score (nSPS) is 18.4. The molecular weight excluding hydrogens is 102 g/mol. The van der Waals surface area contributed by atoms with E-state index in [0.717, 1.165) is 0 Å². The second-order valence-corrected chi connectivity index (χ2v) is 1.82. The molecule has 1 unspecified atom stereocenters. The van der Waals surface area contributed by atoms with Crippen LogP contribution >= 0.6 is 0 Å². The van der Waals surface area contributed by atoms with E-state index in [1.54, 1.807) is 14.0 Å². The highest BCUT2D eigenvalue weighted by molar-refractivity contribution is 5.70. The van der Waals surface area contributed by atoms with Crippen molar-refractivity contribution in [3.63, 3.8) is 0 Å². The van der Waals surface area contributed by atoms with Crippen molar-refractivity contribution in [3.05, 3.63) is 12.7 Å². The van der Waals surface area contributed by atoms with Crippen LogP contribution in [0.3, 0.4) is 0 Å². The predicted octanol–water partition coefficient (Wildman–Crippen LogP) is 0.624. The third-order valence-electron chi connectivity index (χ3n) is 0.804. The molecule has 2 nitrogen and oxygen atoms in total. The third kappa shape index (κ3) is 2.53. The predicted molar refractivity (Wildman–Crippen MR) is 35.2 cm³/mol. The molecule has 0 saturated heterocycles. The highest BCUT2D eigenvalue weighted by Gasteiger charge is 2.08. The molecule has 46 valence electrons. The van der Waals surface area contributed by atoms with Crippen LogP contribution in [0.25, 0.3) is 0 Å². The maximum atomic E-state index is 9.06. The summed E-state index contributed by atoms with van der Waals surface area (Å²) in [5, 5.41) is 9.06. The largest absolute Gasteiger partial charge is 0.380 e. The molecule has 0 bridgehead atoms. The van der Waals surface area contributed by atoms with Crippen LogP contribution in [-0.4, -0.2) is 24.0 Å². The zero-order valence-corrected chi connectivity index (χ0v) is 5.26.